The monoisotopic (exact) mass is 257 g/mol. The van der Waals surface area contributed by atoms with Gasteiger partial charge in [0, 0.05) is 24.7 Å². The Labute approximate surface area is 105 Å². The summed E-state index contributed by atoms with van der Waals surface area (Å²) in [5.74, 6) is 3.43. The number of hydrogen-bond acceptors (Lipinski definition) is 6. The van der Waals surface area contributed by atoms with Crippen LogP contribution in [0.2, 0.25) is 0 Å². The van der Waals surface area contributed by atoms with Gasteiger partial charge in [-0.05, 0) is 6.42 Å². The van der Waals surface area contributed by atoms with Gasteiger partial charge >= 0.3 is 0 Å². The average molecular weight is 257 g/mol. The van der Waals surface area contributed by atoms with Crippen LogP contribution < -0.4 is 5.73 Å². The van der Waals surface area contributed by atoms with E-state index in [0.717, 1.165) is 24.3 Å². The summed E-state index contributed by atoms with van der Waals surface area (Å²) in [5.41, 5.74) is 6.01. The lowest BCUT2D eigenvalue weighted by Gasteiger charge is -2.09. The Kier molecular flexibility index (Phi) is 4.42. The fraction of sp³-hybridized carbons (Fsp3) is 0.818. The van der Waals surface area contributed by atoms with E-state index in [0.29, 0.717) is 11.7 Å². The van der Waals surface area contributed by atoms with Crippen LogP contribution in [0.25, 0.3) is 0 Å². The van der Waals surface area contributed by atoms with Crippen molar-refractivity contribution in [3.63, 3.8) is 0 Å². The van der Waals surface area contributed by atoms with E-state index in [2.05, 4.69) is 17.1 Å². The summed E-state index contributed by atoms with van der Waals surface area (Å²) in [5, 5.41) is 4.01. The van der Waals surface area contributed by atoms with Crippen molar-refractivity contribution in [1.82, 2.24) is 10.1 Å². The molecule has 1 fully saturated rings. The number of methoxy groups -OCH3 is 1. The first-order valence-electron chi connectivity index (χ1n) is 5.95. The van der Waals surface area contributed by atoms with Crippen LogP contribution in [0.15, 0.2) is 4.52 Å². The molecule has 0 spiro atoms. The molecule has 1 aromatic heterocycles. The summed E-state index contributed by atoms with van der Waals surface area (Å²) < 4.78 is 10.7. The number of ether oxygens (including phenoxy) is 1. The van der Waals surface area contributed by atoms with Crippen molar-refractivity contribution in [3.8, 4) is 0 Å². The molecule has 3 atom stereocenters. The minimum Gasteiger partial charge on any atom is -0.373 e. The molecule has 0 amide bonds. The van der Waals surface area contributed by atoms with E-state index < -0.39 is 0 Å². The molecule has 96 valence electrons. The summed E-state index contributed by atoms with van der Waals surface area (Å²) >= 11 is 1.83. The van der Waals surface area contributed by atoms with E-state index in [1.807, 2.05) is 11.8 Å². The maximum Gasteiger partial charge on any atom is 0.232 e. The highest BCUT2D eigenvalue weighted by atomic mass is 32.2. The highest BCUT2D eigenvalue weighted by molar-refractivity contribution is 7.99. The molecular formula is C11H19N3O2S. The van der Waals surface area contributed by atoms with Crippen molar-refractivity contribution in [2.75, 3.05) is 18.6 Å². The summed E-state index contributed by atoms with van der Waals surface area (Å²) in [4.78, 5) is 4.44. The lowest BCUT2D eigenvalue weighted by atomic mass is 10.1. The van der Waals surface area contributed by atoms with Crippen molar-refractivity contribution < 1.29 is 9.26 Å². The zero-order valence-corrected chi connectivity index (χ0v) is 11.1. The van der Waals surface area contributed by atoms with Crippen LogP contribution in [0.1, 0.15) is 43.5 Å². The molecule has 2 heterocycles. The van der Waals surface area contributed by atoms with Crippen molar-refractivity contribution in [3.05, 3.63) is 11.7 Å². The lowest BCUT2D eigenvalue weighted by Crippen LogP contribution is -2.26. The zero-order chi connectivity index (χ0) is 12.3. The van der Waals surface area contributed by atoms with Crippen molar-refractivity contribution in [2.24, 2.45) is 5.73 Å². The minimum atomic E-state index is -0.0669. The van der Waals surface area contributed by atoms with Gasteiger partial charge in [0.1, 0.15) is 6.10 Å². The standard InChI is InChI=1S/C11H19N3O2S/c1-3-4-9(15-2)10-13-11(16-14-10)7-5-17-6-8(7)12/h7-9H,3-6,12H2,1-2H3. The van der Waals surface area contributed by atoms with E-state index in [1.54, 1.807) is 7.11 Å². The second-order valence-electron chi connectivity index (χ2n) is 4.31. The normalized spacial score (nSPS) is 26.3. The fourth-order valence-corrected chi connectivity index (χ4v) is 3.25. The molecular weight excluding hydrogens is 238 g/mol. The third kappa shape index (κ3) is 2.81. The van der Waals surface area contributed by atoms with Gasteiger partial charge in [0.05, 0.1) is 5.92 Å². The molecule has 0 aliphatic carbocycles. The van der Waals surface area contributed by atoms with Gasteiger partial charge in [-0.3, -0.25) is 0 Å². The summed E-state index contributed by atoms with van der Waals surface area (Å²) in [6, 6.07) is 0.125. The minimum absolute atomic E-state index is 0.0669. The maximum atomic E-state index is 6.01. The molecule has 1 saturated heterocycles. The first kappa shape index (κ1) is 12.9. The number of aromatic nitrogens is 2. The molecule has 0 bridgehead atoms. The molecule has 1 aromatic rings. The molecule has 6 heteroatoms. The van der Waals surface area contributed by atoms with Crippen LogP contribution in [0.5, 0.6) is 0 Å². The van der Waals surface area contributed by atoms with Crippen molar-refractivity contribution in [1.29, 1.82) is 0 Å². The third-order valence-corrected chi connectivity index (χ3v) is 4.24. The van der Waals surface area contributed by atoms with E-state index >= 15 is 0 Å². The number of rotatable bonds is 5. The fourth-order valence-electron chi connectivity index (χ4n) is 1.97. The van der Waals surface area contributed by atoms with E-state index in [-0.39, 0.29) is 18.1 Å². The van der Waals surface area contributed by atoms with Gasteiger partial charge in [0.2, 0.25) is 11.7 Å². The summed E-state index contributed by atoms with van der Waals surface area (Å²) in [6.45, 7) is 2.11. The molecule has 2 rings (SSSR count). The van der Waals surface area contributed by atoms with Gasteiger partial charge in [0.25, 0.3) is 0 Å². The average Bonchev–Trinajstić information content (AvgIpc) is 2.94. The Morgan fingerprint density at radius 1 is 1.59 bits per heavy atom. The Hall–Kier alpha value is -0.590. The SMILES string of the molecule is CCCC(OC)c1noc(C2CSCC2N)n1. The molecule has 17 heavy (non-hydrogen) atoms. The predicted molar refractivity (Wildman–Crippen MR) is 67.0 cm³/mol. The number of thioether (sulfide) groups is 1. The van der Waals surface area contributed by atoms with Crippen LogP contribution in [0.3, 0.4) is 0 Å². The van der Waals surface area contributed by atoms with Gasteiger partial charge < -0.3 is 15.0 Å². The van der Waals surface area contributed by atoms with Crippen molar-refractivity contribution >= 4 is 11.8 Å². The Morgan fingerprint density at radius 3 is 3.00 bits per heavy atom. The van der Waals surface area contributed by atoms with Crippen LogP contribution in [0, 0.1) is 0 Å². The number of nitrogens with zero attached hydrogens (tertiary/aromatic N) is 2. The molecule has 3 unspecified atom stereocenters. The Balaban J connectivity index is 2.09. The topological polar surface area (TPSA) is 74.2 Å². The largest absolute Gasteiger partial charge is 0.373 e. The summed E-state index contributed by atoms with van der Waals surface area (Å²) in [7, 11) is 1.67. The molecule has 5 nitrogen and oxygen atoms in total. The molecule has 2 N–H and O–H groups in total. The van der Waals surface area contributed by atoms with Gasteiger partial charge in [-0.1, -0.05) is 18.5 Å². The molecule has 0 saturated carbocycles. The van der Waals surface area contributed by atoms with E-state index in [4.69, 9.17) is 15.0 Å². The Morgan fingerprint density at radius 2 is 2.41 bits per heavy atom. The van der Waals surface area contributed by atoms with Gasteiger partial charge in [-0.2, -0.15) is 16.7 Å². The molecule has 1 aliphatic rings. The summed E-state index contributed by atoms with van der Waals surface area (Å²) in [6.07, 6.45) is 1.87. The van der Waals surface area contributed by atoms with Gasteiger partial charge in [0.15, 0.2) is 0 Å². The second-order valence-corrected chi connectivity index (χ2v) is 5.39. The second kappa shape index (κ2) is 5.84. The first-order valence-corrected chi connectivity index (χ1v) is 7.11. The third-order valence-electron chi connectivity index (χ3n) is 3.02. The van der Waals surface area contributed by atoms with E-state index in [1.165, 1.54) is 0 Å². The van der Waals surface area contributed by atoms with Crippen molar-refractivity contribution in [2.45, 2.75) is 37.8 Å². The lowest BCUT2D eigenvalue weighted by molar-refractivity contribution is 0.0854. The number of hydrogen-bond donors (Lipinski definition) is 1. The van der Waals surface area contributed by atoms with Crippen LogP contribution in [-0.2, 0) is 4.74 Å². The van der Waals surface area contributed by atoms with Crippen LogP contribution in [-0.4, -0.2) is 34.8 Å². The van der Waals surface area contributed by atoms with E-state index in [9.17, 15) is 0 Å². The van der Waals surface area contributed by atoms with Gasteiger partial charge in [-0.15, -0.1) is 0 Å². The highest BCUT2D eigenvalue weighted by Gasteiger charge is 2.31. The molecule has 1 aliphatic heterocycles. The quantitative estimate of drug-likeness (QED) is 0.865. The maximum absolute atomic E-state index is 6.01. The number of nitrogens with two attached hydrogens (primary N) is 1. The molecule has 0 radical (unpaired) electrons. The zero-order valence-electron chi connectivity index (χ0n) is 10.3. The highest BCUT2D eigenvalue weighted by Crippen LogP contribution is 2.31. The smallest absolute Gasteiger partial charge is 0.232 e. The predicted octanol–water partition coefficient (Wildman–Crippen LogP) is 1.71. The molecule has 0 aromatic carbocycles. The van der Waals surface area contributed by atoms with Gasteiger partial charge in [-0.25, -0.2) is 0 Å². The van der Waals surface area contributed by atoms with Crippen LogP contribution in [0.4, 0.5) is 0 Å². The first-order chi connectivity index (χ1) is 8.26. The van der Waals surface area contributed by atoms with Crippen LogP contribution >= 0.6 is 11.8 Å². The Bertz CT molecular complexity index is 358.